The second-order valence-corrected chi connectivity index (χ2v) is 5.48. The standard InChI is InChI=1S/C19H13N3O2/c23-19(24)18-17(20-22-21-18)14-8-5-13(6-9-14)16-10-7-12-3-1-2-4-15(12)11-16/h1-11H,(H,23,24)(H,20,21,22). The fourth-order valence-electron chi connectivity index (χ4n) is 2.77. The molecule has 0 saturated carbocycles. The highest BCUT2D eigenvalue weighted by Gasteiger charge is 2.15. The van der Waals surface area contributed by atoms with E-state index in [1.165, 1.54) is 10.8 Å². The smallest absolute Gasteiger partial charge is 0.356 e. The number of hydrogen-bond acceptors (Lipinski definition) is 3. The van der Waals surface area contributed by atoms with Gasteiger partial charge in [-0.3, -0.25) is 5.10 Å². The van der Waals surface area contributed by atoms with Gasteiger partial charge in [0.05, 0.1) is 0 Å². The van der Waals surface area contributed by atoms with E-state index < -0.39 is 5.97 Å². The van der Waals surface area contributed by atoms with Crippen LogP contribution >= 0.6 is 0 Å². The Hall–Kier alpha value is -3.47. The summed E-state index contributed by atoms with van der Waals surface area (Å²) in [5, 5.41) is 21.4. The summed E-state index contributed by atoms with van der Waals surface area (Å²) in [6.07, 6.45) is 0. The van der Waals surface area contributed by atoms with Gasteiger partial charge in [0.25, 0.3) is 0 Å². The van der Waals surface area contributed by atoms with Gasteiger partial charge in [0.15, 0.2) is 5.69 Å². The van der Waals surface area contributed by atoms with Crippen molar-refractivity contribution in [1.29, 1.82) is 0 Å². The Kier molecular flexibility index (Phi) is 3.31. The third kappa shape index (κ3) is 2.42. The van der Waals surface area contributed by atoms with Crippen molar-refractivity contribution >= 4 is 16.7 Å². The van der Waals surface area contributed by atoms with E-state index in [9.17, 15) is 4.79 Å². The van der Waals surface area contributed by atoms with Crippen LogP contribution in [0.4, 0.5) is 0 Å². The van der Waals surface area contributed by atoms with E-state index in [4.69, 9.17) is 5.11 Å². The van der Waals surface area contributed by atoms with Gasteiger partial charge in [0.2, 0.25) is 0 Å². The third-order valence-corrected chi connectivity index (χ3v) is 4.00. The van der Waals surface area contributed by atoms with Gasteiger partial charge in [-0.15, -0.1) is 5.10 Å². The molecule has 0 spiro atoms. The molecule has 0 aliphatic rings. The maximum atomic E-state index is 11.2. The number of nitrogens with zero attached hydrogens (tertiary/aromatic N) is 2. The minimum Gasteiger partial charge on any atom is -0.476 e. The average Bonchev–Trinajstić information content (AvgIpc) is 3.11. The first kappa shape index (κ1) is 14.1. The maximum absolute atomic E-state index is 11.2. The summed E-state index contributed by atoms with van der Waals surface area (Å²) in [5.74, 6) is -1.08. The van der Waals surface area contributed by atoms with E-state index in [1.807, 2.05) is 36.4 Å². The molecular weight excluding hydrogens is 302 g/mol. The largest absolute Gasteiger partial charge is 0.476 e. The molecule has 4 rings (SSSR count). The predicted molar refractivity (Wildman–Crippen MR) is 91.7 cm³/mol. The zero-order valence-corrected chi connectivity index (χ0v) is 12.6. The lowest BCUT2D eigenvalue weighted by Gasteiger charge is -2.05. The number of aromatic amines is 1. The number of carboxylic acids is 1. The molecule has 2 N–H and O–H groups in total. The highest BCUT2D eigenvalue weighted by atomic mass is 16.4. The lowest BCUT2D eigenvalue weighted by Crippen LogP contribution is -1.99. The topological polar surface area (TPSA) is 78.9 Å². The van der Waals surface area contributed by atoms with Crippen LogP contribution in [-0.2, 0) is 0 Å². The molecule has 0 fully saturated rings. The molecule has 24 heavy (non-hydrogen) atoms. The zero-order chi connectivity index (χ0) is 16.5. The van der Waals surface area contributed by atoms with Crippen molar-refractivity contribution in [2.75, 3.05) is 0 Å². The number of hydrogen-bond donors (Lipinski definition) is 2. The molecule has 0 unspecified atom stereocenters. The monoisotopic (exact) mass is 315 g/mol. The highest BCUT2D eigenvalue weighted by Crippen LogP contribution is 2.27. The minimum absolute atomic E-state index is 0.00606. The normalized spacial score (nSPS) is 10.8. The number of carbonyl (C=O) groups is 1. The second kappa shape index (κ2) is 5.62. The second-order valence-electron chi connectivity index (χ2n) is 5.48. The van der Waals surface area contributed by atoms with E-state index in [0.717, 1.165) is 11.1 Å². The van der Waals surface area contributed by atoms with Crippen molar-refractivity contribution in [2.45, 2.75) is 0 Å². The van der Waals surface area contributed by atoms with Crippen molar-refractivity contribution < 1.29 is 9.90 Å². The van der Waals surface area contributed by atoms with E-state index in [2.05, 4.69) is 45.7 Å². The Labute approximate surface area is 137 Å². The van der Waals surface area contributed by atoms with Gasteiger partial charge >= 0.3 is 5.97 Å². The molecule has 4 aromatic rings. The van der Waals surface area contributed by atoms with Gasteiger partial charge in [0, 0.05) is 5.56 Å². The third-order valence-electron chi connectivity index (χ3n) is 4.00. The maximum Gasteiger partial charge on any atom is 0.356 e. The van der Waals surface area contributed by atoms with Crippen LogP contribution in [0.25, 0.3) is 33.2 Å². The molecule has 5 nitrogen and oxygen atoms in total. The Morgan fingerprint density at radius 1 is 0.833 bits per heavy atom. The quantitative estimate of drug-likeness (QED) is 0.599. The molecule has 116 valence electrons. The van der Waals surface area contributed by atoms with Crippen LogP contribution in [-0.4, -0.2) is 26.5 Å². The van der Waals surface area contributed by atoms with Gasteiger partial charge in [-0.1, -0.05) is 65.9 Å². The van der Waals surface area contributed by atoms with E-state index >= 15 is 0 Å². The summed E-state index contributed by atoms with van der Waals surface area (Å²) in [6.45, 7) is 0. The van der Waals surface area contributed by atoms with Gasteiger partial charge in [-0.2, -0.15) is 0 Å². The number of aromatic carboxylic acids is 1. The molecule has 0 bridgehead atoms. The number of benzene rings is 3. The Morgan fingerprint density at radius 2 is 1.50 bits per heavy atom. The SMILES string of the molecule is O=C(O)c1[nH]nnc1-c1ccc(-c2ccc3ccccc3c2)cc1. The molecule has 0 aliphatic heterocycles. The molecule has 0 saturated heterocycles. The summed E-state index contributed by atoms with van der Waals surface area (Å²) < 4.78 is 0. The van der Waals surface area contributed by atoms with Crippen LogP contribution in [0.2, 0.25) is 0 Å². The zero-order valence-electron chi connectivity index (χ0n) is 12.6. The molecule has 0 amide bonds. The summed E-state index contributed by atoms with van der Waals surface area (Å²) >= 11 is 0. The summed E-state index contributed by atoms with van der Waals surface area (Å²) in [6, 6.07) is 22.2. The van der Waals surface area contributed by atoms with Gasteiger partial charge in [-0.05, 0) is 28.0 Å². The first-order valence-electron chi connectivity index (χ1n) is 7.46. The molecule has 1 heterocycles. The summed E-state index contributed by atoms with van der Waals surface area (Å²) in [7, 11) is 0. The molecule has 1 aromatic heterocycles. The van der Waals surface area contributed by atoms with Crippen molar-refractivity contribution in [3.63, 3.8) is 0 Å². The van der Waals surface area contributed by atoms with E-state index in [-0.39, 0.29) is 5.69 Å². The van der Waals surface area contributed by atoms with Crippen LogP contribution in [0, 0.1) is 0 Å². The first-order chi connectivity index (χ1) is 11.7. The molecule has 0 atom stereocenters. The Morgan fingerprint density at radius 3 is 2.25 bits per heavy atom. The lowest BCUT2D eigenvalue weighted by atomic mass is 9.99. The van der Waals surface area contributed by atoms with Gasteiger partial charge < -0.3 is 5.11 Å². The van der Waals surface area contributed by atoms with Crippen molar-refractivity contribution in [3.05, 3.63) is 72.4 Å². The molecular formula is C19H13N3O2. The van der Waals surface area contributed by atoms with Crippen LogP contribution in [0.15, 0.2) is 66.7 Å². The van der Waals surface area contributed by atoms with E-state index in [0.29, 0.717) is 11.3 Å². The van der Waals surface area contributed by atoms with Gasteiger partial charge in [-0.25, -0.2) is 4.79 Å². The van der Waals surface area contributed by atoms with Crippen LogP contribution in [0.1, 0.15) is 10.5 Å². The minimum atomic E-state index is -1.08. The highest BCUT2D eigenvalue weighted by molar-refractivity contribution is 5.92. The number of nitrogens with one attached hydrogen (secondary N) is 1. The average molecular weight is 315 g/mol. The Balaban J connectivity index is 1.72. The number of carboxylic acid groups (broad SMARTS) is 1. The number of fused-ring (bicyclic) bond motifs is 1. The number of aromatic nitrogens is 3. The lowest BCUT2D eigenvalue weighted by molar-refractivity contribution is 0.0691. The van der Waals surface area contributed by atoms with E-state index in [1.54, 1.807) is 0 Å². The van der Waals surface area contributed by atoms with Crippen molar-refractivity contribution in [2.24, 2.45) is 0 Å². The molecule has 0 radical (unpaired) electrons. The predicted octanol–water partition coefficient (Wildman–Crippen LogP) is 3.99. The van der Waals surface area contributed by atoms with Crippen LogP contribution in [0.5, 0.6) is 0 Å². The number of rotatable bonds is 3. The fourth-order valence-corrected chi connectivity index (χ4v) is 2.77. The van der Waals surface area contributed by atoms with Crippen molar-refractivity contribution in [3.8, 4) is 22.4 Å². The summed E-state index contributed by atoms with van der Waals surface area (Å²) in [5.41, 5.74) is 3.22. The molecule has 5 heteroatoms. The first-order valence-corrected chi connectivity index (χ1v) is 7.46. The molecule has 0 aliphatic carbocycles. The van der Waals surface area contributed by atoms with Gasteiger partial charge in [0.1, 0.15) is 5.69 Å². The Bertz CT molecular complexity index is 1040. The number of H-pyrrole nitrogens is 1. The summed E-state index contributed by atoms with van der Waals surface area (Å²) in [4.78, 5) is 11.2. The fraction of sp³-hybridized carbons (Fsp3) is 0. The van der Waals surface area contributed by atoms with Crippen LogP contribution in [0.3, 0.4) is 0 Å². The van der Waals surface area contributed by atoms with Crippen molar-refractivity contribution in [1.82, 2.24) is 15.4 Å². The van der Waals surface area contributed by atoms with Crippen LogP contribution < -0.4 is 0 Å². The molecule has 3 aromatic carbocycles.